The first kappa shape index (κ1) is 15.5. The predicted molar refractivity (Wildman–Crippen MR) is 89.5 cm³/mol. The highest BCUT2D eigenvalue weighted by atomic mass is 16.5. The summed E-state index contributed by atoms with van der Waals surface area (Å²) in [6.07, 6.45) is 3.57. The molecule has 5 heteroatoms. The molecule has 2 aromatic rings. The number of benzene rings is 1. The molecule has 1 aromatic heterocycles. The molecule has 1 fully saturated rings. The molecular formula is C18H21N3O2. The van der Waals surface area contributed by atoms with E-state index in [0.717, 1.165) is 24.5 Å². The van der Waals surface area contributed by atoms with Crippen molar-refractivity contribution in [3.63, 3.8) is 0 Å². The molecule has 0 bridgehead atoms. The average Bonchev–Trinajstić information content (AvgIpc) is 2.60. The van der Waals surface area contributed by atoms with Crippen molar-refractivity contribution in [1.29, 1.82) is 0 Å². The van der Waals surface area contributed by atoms with Gasteiger partial charge in [0.15, 0.2) is 0 Å². The molecule has 2 heterocycles. The summed E-state index contributed by atoms with van der Waals surface area (Å²) in [6, 6.07) is 11.5. The Kier molecular flexibility index (Phi) is 4.57. The van der Waals surface area contributed by atoms with Gasteiger partial charge >= 0.3 is 0 Å². The third-order valence-electron chi connectivity index (χ3n) is 4.30. The Bertz CT molecular complexity index is 658. The van der Waals surface area contributed by atoms with Crippen LogP contribution in [0.25, 0.3) is 0 Å². The number of amides is 1. The standard InChI is InChI=1S/C18H21N3O2/c1-14-18(22)21(16-3-5-17(23-2)6-4-16)12-11-20(14)13-15-7-9-19-10-8-15/h3-10,14H,11-13H2,1-2H3. The van der Waals surface area contributed by atoms with E-state index in [1.54, 1.807) is 19.5 Å². The van der Waals surface area contributed by atoms with Gasteiger partial charge in [0.1, 0.15) is 5.75 Å². The van der Waals surface area contributed by atoms with E-state index in [0.29, 0.717) is 6.54 Å². The summed E-state index contributed by atoms with van der Waals surface area (Å²) in [5.41, 5.74) is 2.10. The molecule has 1 unspecified atom stereocenters. The van der Waals surface area contributed by atoms with E-state index in [1.807, 2.05) is 48.2 Å². The van der Waals surface area contributed by atoms with Crippen LogP contribution in [0.4, 0.5) is 5.69 Å². The molecular weight excluding hydrogens is 290 g/mol. The number of methoxy groups -OCH3 is 1. The lowest BCUT2D eigenvalue weighted by molar-refractivity contribution is -0.125. The number of anilines is 1. The van der Waals surface area contributed by atoms with Crippen LogP contribution in [0.3, 0.4) is 0 Å². The highest BCUT2D eigenvalue weighted by Gasteiger charge is 2.32. The Balaban J connectivity index is 1.70. The number of pyridine rings is 1. The van der Waals surface area contributed by atoms with E-state index < -0.39 is 0 Å². The van der Waals surface area contributed by atoms with Crippen LogP contribution < -0.4 is 9.64 Å². The van der Waals surface area contributed by atoms with Crippen LogP contribution in [0.5, 0.6) is 5.75 Å². The predicted octanol–water partition coefficient (Wildman–Crippen LogP) is 2.33. The van der Waals surface area contributed by atoms with Gasteiger partial charge in [-0.15, -0.1) is 0 Å². The summed E-state index contributed by atoms with van der Waals surface area (Å²) in [5, 5.41) is 0. The van der Waals surface area contributed by atoms with Gasteiger partial charge in [0.05, 0.1) is 13.2 Å². The SMILES string of the molecule is COc1ccc(N2CCN(Cc3ccncc3)C(C)C2=O)cc1. The first-order chi connectivity index (χ1) is 11.2. The normalized spacial score (nSPS) is 19.0. The molecule has 1 aliphatic heterocycles. The van der Waals surface area contributed by atoms with Crippen LogP contribution in [0.2, 0.25) is 0 Å². The van der Waals surface area contributed by atoms with Crippen molar-refractivity contribution in [1.82, 2.24) is 9.88 Å². The lowest BCUT2D eigenvalue weighted by Crippen LogP contribution is -2.55. The molecule has 0 N–H and O–H groups in total. The fraction of sp³-hybridized carbons (Fsp3) is 0.333. The van der Waals surface area contributed by atoms with Crippen molar-refractivity contribution in [3.05, 3.63) is 54.4 Å². The maximum absolute atomic E-state index is 12.7. The minimum Gasteiger partial charge on any atom is -0.497 e. The zero-order valence-corrected chi connectivity index (χ0v) is 13.5. The fourth-order valence-corrected chi connectivity index (χ4v) is 2.87. The van der Waals surface area contributed by atoms with Gasteiger partial charge in [0, 0.05) is 37.7 Å². The number of carbonyl (C=O) groups excluding carboxylic acids is 1. The highest BCUT2D eigenvalue weighted by Crippen LogP contribution is 2.23. The van der Waals surface area contributed by atoms with E-state index in [4.69, 9.17) is 4.74 Å². The minimum atomic E-state index is -0.140. The third kappa shape index (κ3) is 3.35. The molecule has 0 saturated carbocycles. The number of hydrogen-bond acceptors (Lipinski definition) is 4. The van der Waals surface area contributed by atoms with Gasteiger partial charge in [0.25, 0.3) is 0 Å². The number of piperazine rings is 1. The van der Waals surface area contributed by atoms with E-state index >= 15 is 0 Å². The summed E-state index contributed by atoms with van der Waals surface area (Å²) < 4.78 is 5.17. The zero-order chi connectivity index (χ0) is 16.2. The van der Waals surface area contributed by atoms with E-state index in [-0.39, 0.29) is 11.9 Å². The van der Waals surface area contributed by atoms with Crippen molar-refractivity contribution < 1.29 is 9.53 Å². The molecule has 23 heavy (non-hydrogen) atoms. The Labute approximate surface area is 136 Å². The Morgan fingerprint density at radius 1 is 1.13 bits per heavy atom. The zero-order valence-electron chi connectivity index (χ0n) is 13.5. The summed E-state index contributed by atoms with van der Waals surface area (Å²) in [7, 11) is 1.64. The topological polar surface area (TPSA) is 45.7 Å². The molecule has 1 aliphatic rings. The van der Waals surface area contributed by atoms with Gasteiger partial charge in [-0.3, -0.25) is 14.7 Å². The summed E-state index contributed by atoms with van der Waals surface area (Å²) in [5.74, 6) is 0.932. The van der Waals surface area contributed by atoms with Gasteiger partial charge < -0.3 is 9.64 Å². The largest absolute Gasteiger partial charge is 0.497 e. The molecule has 0 spiro atoms. The van der Waals surface area contributed by atoms with Crippen LogP contribution >= 0.6 is 0 Å². The number of nitrogens with zero attached hydrogens (tertiary/aromatic N) is 3. The first-order valence-corrected chi connectivity index (χ1v) is 7.77. The number of carbonyl (C=O) groups is 1. The third-order valence-corrected chi connectivity index (χ3v) is 4.30. The quantitative estimate of drug-likeness (QED) is 0.869. The van der Waals surface area contributed by atoms with Crippen LogP contribution in [-0.2, 0) is 11.3 Å². The molecule has 1 saturated heterocycles. The summed E-state index contributed by atoms with van der Waals surface area (Å²) >= 11 is 0. The van der Waals surface area contributed by atoms with Crippen LogP contribution in [0.15, 0.2) is 48.8 Å². The van der Waals surface area contributed by atoms with Crippen LogP contribution in [0.1, 0.15) is 12.5 Å². The van der Waals surface area contributed by atoms with Gasteiger partial charge in [-0.25, -0.2) is 0 Å². The van der Waals surface area contributed by atoms with E-state index in [2.05, 4.69) is 9.88 Å². The molecule has 1 amide bonds. The lowest BCUT2D eigenvalue weighted by atomic mass is 10.1. The highest BCUT2D eigenvalue weighted by molar-refractivity contribution is 5.97. The van der Waals surface area contributed by atoms with Crippen molar-refractivity contribution in [2.45, 2.75) is 19.5 Å². The number of aromatic nitrogens is 1. The molecule has 3 rings (SSSR count). The van der Waals surface area contributed by atoms with Gasteiger partial charge in [-0.1, -0.05) is 0 Å². The number of ether oxygens (including phenoxy) is 1. The maximum atomic E-state index is 12.7. The van der Waals surface area contributed by atoms with Crippen molar-refractivity contribution in [2.75, 3.05) is 25.1 Å². The fourth-order valence-electron chi connectivity index (χ4n) is 2.87. The molecule has 1 aromatic carbocycles. The summed E-state index contributed by atoms with van der Waals surface area (Å²) in [4.78, 5) is 20.8. The Morgan fingerprint density at radius 3 is 2.48 bits per heavy atom. The minimum absolute atomic E-state index is 0.135. The van der Waals surface area contributed by atoms with Gasteiger partial charge in [-0.05, 0) is 48.9 Å². The monoisotopic (exact) mass is 311 g/mol. The van der Waals surface area contributed by atoms with Crippen LogP contribution in [-0.4, -0.2) is 42.0 Å². The molecule has 0 aliphatic carbocycles. The molecule has 1 atom stereocenters. The summed E-state index contributed by atoms with van der Waals surface area (Å²) in [6.45, 7) is 4.28. The first-order valence-electron chi connectivity index (χ1n) is 7.77. The van der Waals surface area contributed by atoms with Crippen molar-refractivity contribution in [2.24, 2.45) is 0 Å². The average molecular weight is 311 g/mol. The molecule has 120 valence electrons. The second kappa shape index (κ2) is 6.79. The second-order valence-electron chi connectivity index (χ2n) is 5.69. The molecule has 5 nitrogen and oxygen atoms in total. The van der Waals surface area contributed by atoms with Gasteiger partial charge in [-0.2, -0.15) is 0 Å². The smallest absolute Gasteiger partial charge is 0.244 e. The molecule has 0 radical (unpaired) electrons. The van der Waals surface area contributed by atoms with Gasteiger partial charge in [0.2, 0.25) is 5.91 Å². The van der Waals surface area contributed by atoms with E-state index in [9.17, 15) is 4.79 Å². The van der Waals surface area contributed by atoms with Crippen molar-refractivity contribution >= 4 is 11.6 Å². The maximum Gasteiger partial charge on any atom is 0.244 e. The Morgan fingerprint density at radius 2 is 1.83 bits per heavy atom. The van der Waals surface area contributed by atoms with Crippen LogP contribution in [0, 0.1) is 0 Å². The van der Waals surface area contributed by atoms with E-state index in [1.165, 1.54) is 5.56 Å². The number of rotatable bonds is 4. The van der Waals surface area contributed by atoms with Crippen molar-refractivity contribution in [3.8, 4) is 5.75 Å². The Hall–Kier alpha value is -2.40. The second-order valence-corrected chi connectivity index (χ2v) is 5.69. The number of hydrogen-bond donors (Lipinski definition) is 0. The lowest BCUT2D eigenvalue weighted by Gasteiger charge is -2.39.